The van der Waals surface area contributed by atoms with Crippen LogP contribution < -0.4 is 10.6 Å². The Hall–Kier alpha value is -3.80. The molecule has 0 radical (unpaired) electrons. The second-order valence-electron chi connectivity index (χ2n) is 7.56. The number of hydrogen-bond donors (Lipinski definition) is 2. The third kappa shape index (κ3) is 4.43. The van der Waals surface area contributed by atoms with Gasteiger partial charge in [-0.3, -0.25) is 5.32 Å². The van der Waals surface area contributed by atoms with Gasteiger partial charge in [0.05, 0.1) is 28.7 Å². The largest absolute Gasteiger partial charge is 0.324 e. The van der Waals surface area contributed by atoms with Crippen LogP contribution in [-0.4, -0.2) is 15.8 Å². The van der Waals surface area contributed by atoms with E-state index in [2.05, 4.69) is 15.7 Å². The molecule has 0 fully saturated rings. The molecule has 0 unspecified atom stereocenters. The minimum absolute atomic E-state index is 0.246. The average Bonchev–Trinajstić information content (AvgIpc) is 3.10. The van der Waals surface area contributed by atoms with Gasteiger partial charge >= 0.3 is 6.03 Å². The molecular weight excluding hydrogens is 395 g/mol. The molecular formula is C21H18F3N5O. The van der Waals surface area contributed by atoms with E-state index in [-0.39, 0.29) is 11.2 Å². The predicted octanol–water partition coefficient (Wildman–Crippen LogP) is 5.10. The zero-order valence-corrected chi connectivity index (χ0v) is 16.4. The zero-order chi connectivity index (χ0) is 22.1. The Kier molecular flexibility index (Phi) is 5.52. The SMILES string of the molecule is CC(C)(C)c1cc(NC(=O)Nc2cc(F)c(F)cc2F)n(-c2cccc(C#N)c2)n1. The van der Waals surface area contributed by atoms with Gasteiger partial charge in [-0.05, 0) is 18.2 Å². The highest BCUT2D eigenvalue weighted by Crippen LogP contribution is 2.27. The number of anilines is 2. The molecule has 0 bridgehead atoms. The van der Waals surface area contributed by atoms with Crippen LogP contribution in [0.2, 0.25) is 0 Å². The van der Waals surface area contributed by atoms with Crippen LogP contribution in [0.25, 0.3) is 5.69 Å². The van der Waals surface area contributed by atoms with E-state index in [1.165, 1.54) is 4.68 Å². The molecule has 0 saturated carbocycles. The summed E-state index contributed by atoms with van der Waals surface area (Å²) in [5.41, 5.74) is 0.717. The number of urea groups is 1. The fourth-order valence-corrected chi connectivity index (χ4v) is 2.63. The van der Waals surface area contributed by atoms with Gasteiger partial charge in [0.2, 0.25) is 0 Å². The fourth-order valence-electron chi connectivity index (χ4n) is 2.63. The van der Waals surface area contributed by atoms with Gasteiger partial charge in [0.1, 0.15) is 11.6 Å². The van der Waals surface area contributed by atoms with Crippen molar-refractivity contribution in [2.45, 2.75) is 26.2 Å². The van der Waals surface area contributed by atoms with E-state index < -0.39 is 29.2 Å². The Morgan fingerprint density at radius 2 is 1.73 bits per heavy atom. The smallest absolute Gasteiger partial charge is 0.305 e. The summed E-state index contributed by atoms with van der Waals surface area (Å²) >= 11 is 0. The van der Waals surface area contributed by atoms with E-state index in [1.54, 1.807) is 30.3 Å². The number of rotatable bonds is 3. The van der Waals surface area contributed by atoms with Crippen molar-refractivity contribution in [3.05, 3.63) is 71.2 Å². The number of aromatic nitrogens is 2. The summed E-state index contributed by atoms with van der Waals surface area (Å²) in [6.45, 7) is 5.81. The van der Waals surface area contributed by atoms with Gasteiger partial charge < -0.3 is 5.32 Å². The Morgan fingerprint density at radius 1 is 1.03 bits per heavy atom. The quantitative estimate of drug-likeness (QED) is 0.586. The van der Waals surface area contributed by atoms with Crippen LogP contribution in [0.1, 0.15) is 32.0 Å². The summed E-state index contributed by atoms with van der Waals surface area (Å²) < 4.78 is 41.7. The van der Waals surface area contributed by atoms with Crippen molar-refractivity contribution in [1.82, 2.24) is 9.78 Å². The van der Waals surface area contributed by atoms with Gasteiger partial charge in [-0.15, -0.1) is 0 Å². The molecule has 0 saturated heterocycles. The van der Waals surface area contributed by atoms with Crippen LogP contribution in [0.4, 0.5) is 29.5 Å². The number of hydrogen-bond acceptors (Lipinski definition) is 3. The van der Waals surface area contributed by atoms with Gasteiger partial charge in [-0.1, -0.05) is 26.8 Å². The van der Waals surface area contributed by atoms with Gasteiger partial charge in [0.25, 0.3) is 0 Å². The van der Waals surface area contributed by atoms with Gasteiger partial charge in [0.15, 0.2) is 11.6 Å². The summed E-state index contributed by atoms with van der Waals surface area (Å²) in [6.07, 6.45) is 0. The number of carbonyl (C=O) groups is 1. The van der Waals surface area contributed by atoms with Gasteiger partial charge in [-0.2, -0.15) is 10.4 Å². The minimum atomic E-state index is -1.36. The van der Waals surface area contributed by atoms with E-state index in [0.717, 1.165) is 0 Å². The first kappa shape index (κ1) is 20.9. The lowest BCUT2D eigenvalue weighted by Crippen LogP contribution is -2.22. The highest BCUT2D eigenvalue weighted by molar-refractivity contribution is 5.99. The highest BCUT2D eigenvalue weighted by Gasteiger charge is 2.22. The molecule has 1 aromatic heterocycles. The Labute approximate surface area is 170 Å². The van der Waals surface area contributed by atoms with Crippen LogP contribution in [0, 0.1) is 28.8 Å². The molecule has 0 aliphatic carbocycles. The Morgan fingerprint density at radius 3 is 2.40 bits per heavy atom. The van der Waals surface area contributed by atoms with Crippen molar-refractivity contribution < 1.29 is 18.0 Å². The maximum absolute atomic E-state index is 13.8. The number of amides is 2. The molecule has 30 heavy (non-hydrogen) atoms. The Bertz CT molecular complexity index is 1160. The molecule has 2 N–H and O–H groups in total. The molecule has 0 spiro atoms. The second-order valence-corrected chi connectivity index (χ2v) is 7.56. The minimum Gasteiger partial charge on any atom is -0.305 e. The summed E-state index contributed by atoms with van der Waals surface area (Å²) in [4.78, 5) is 12.4. The first-order valence-electron chi connectivity index (χ1n) is 8.92. The molecule has 2 aromatic carbocycles. The zero-order valence-electron chi connectivity index (χ0n) is 16.4. The first-order valence-corrected chi connectivity index (χ1v) is 8.92. The number of benzene rings is 2. The monoisotopic (exact) mass is 413 g/mol. The third-order valence-corrected chi connectivity index (χ3v) is 4.20. The second kappa shape index (κ2) is 7.91. The van der Waals surface area contributed by atoms with E-state index in [4.69, 9.17) is 5.26 Å². The molecule has 9 heteroatoms. The normalized spacial score (nSPS) is 11.1. The number of nitrogens with zero attached hydrogens (tertiary/aromatic N) is 3. The Balaban J connectivity index is 1.95. The van der Waals surface area contributed by atoms with Crippen LogP contribution in [0.15, 0.2) is 42.5 Å². The topological polar surface area (TPSA) is 82.7 Å². The molecule has 0 aliphatic rings. The van der Waals surface area contributed by atoms with Crippen LogP contribution in [0.3, 0.4) is 0 Å². The lowest BCUT2D eigenvalue weighted by atomic mass is 9.92. The lowest BCUT2D eigenvalue weighted by molar-refractivity contribution is 0.262. The maximum atomic E-state index is 13.8. The summed E-state index contributed by atoms with van der Waals surface area (Å²) in [5, 5.41) is 18.3. The van der Waals surface area contributed by atoms with Gasteiger partial charge in [0, 0.05) is 23.6 Å². The van der Waals surface area contributed by atoms with E-state index in [0.29, 0.717) is 29.1 Å². The highest BCUT2D eigenvalue weighted by atomic mass is 19.2. The van der Waals surface area contributed by atoms with Crippen LogP contribution in [-0.2, 0) is 5.41 Å². The van der Waals surface area contributed by atoms with Crippen molar-refractivity contribution in [2.24, 2.45) is 0 Å². The molecule has 1 heterocycles. The van der Waals surface area contributed by atoms with Crippen LogP contribution in [0.5, 0.6) is 0 Å². The van der Waals surface area contributed by atoms with E-state index in [9.17, 15) is 18.0 Å². The first-order chi connectivity index (χ1) is 14.1. The van der Waals surface area contributed by atoms with Crippen molar-refractivity contribution in [3.63, 3.8) is 0 Å². The molecule has 0 atom stereocenters. The molecule has 2 amide bonds. The number of nitriles is 1. The number of carbonyl (C=O) groups excluding carboxylic acids is 1. The van der Waals surface area contributed by atoms with Crippen molar-refractivity contribution in [1.29, 1.82) is 5.26 Å². The summed E-state index contributed by atoms with van der Waals surface area (Å²) in [5.74, 6) is -3.52. The van der Waals surface area contributed by atoms with E-state index >= 15 is 0 Å². The fraction of sp³-hybridized carbons (Fsp3) is 0.190. The van der Waals surface area contributed by atoms with Crippen molar-refractivity contribution in [2.75, 3.05) is 10.6 Å². The van der Waals surface area contributed by atoms with Gasteiger partial charge in [-0.25, -0.2) is 22.6 Å². The molecule has 3 aromatic rings. The average molecular weight is 413 g/mol. The molecule has 154 valence electrons. The number of halogens is 3. The third-order valence-electron chi connectivity index (χ3n) is 4.20. The standard InChI is InChI=1S/C21H18F3N5O/c1-21(2,3)18-10-19(29(28-18)13-6-4-5-12(7-13)11-25)27-20(30)26-17-9-15(23)14(22)8-16(17)24/h4-10H,1-3H3,(H2,26,27,30). The van der Waals surface area contributed by atoms with Crippen molar-refractivity contribution in [3.8, 4) is 11.8 Å². The molecule has 0 aliphatic heterocycles. The summed E-state index contributed by atoms with van der Waals surface area (Å²) in [6, 6.07) is 10.3. The van der Waals surface area contributed by atoms with Crippen LogP contribution >= 0.6 is 0 Å². The predicted molar refractivity (Wildman–Crippen MR) is 106 cm³/mol. The number of nitrogens with one attached hydrogen (secondary N) is 2. The lowest BCUT2D eigenvalue weighted by Gasteiger charge is -2.14. The van der Waals surface area contributed by atoms with E-state index in [1.807, 2.05) is 26.8 Å². The molecule has 3 rings (SSSR count). The van der Waals surface area contributed by atoms with Crippen molar-refractivity contribution >= 4 is 17.5 Å². The maximum Gasteiger partial charge on any atom is 0.324 e. The summed E-state index contributed by atoms with van der Waals surface area (Å²) in [7, 11) is 0. The molecule has 6 nitrogen and oxygen atoms in total.